The lowest BCUT2D eigenvalue weighted by Crippen LogP contribution is -2.59. The lowest BCUT2D eigenvalue weighted by atomic mass is 9.87. The summed E-state index contributed by atoms with van der Waals surface area (Å²) in [7, 11) is 0. The first kappa shape index (κ1) is 26.3. The van der Waals surface area contributed by atoms with Crippen LogP contribution in [0.5, 0.6) is 0 Å². The third kappa shape index (κ3) is 4.10. The summed E-state index contributed by atoms with van der Waals surface area (Å²) in [5.41, 5.74) is -8.15. The fourth-order valence-corrected chi connectivity index (χ4v) is 4.81. The van der Waals surface area contributed by atoms with Crippen LogP contribution in [0.25, 0.3) is 10.9 Å². The number of fused-ring (bicyclic) bond motifs is 2. The number of aliphatic imine (C=N–C) groups is 1. The van der Waals surface area contributed by atoms with Gasteiger partial charge in [0.05, 0.1) is 0 Å². The van der Waals surface area contributed by atoms with E-state index in [1.165, 1.54) is 0 Å². The van der Waals surface area contributed by atoms with Crippen LogP contribution in [-0.2, 0) is 18.5 Å². The molecule has 4 aromatic rings. The van der Waals surface area contributed by atoms with Gasteiger partial charge in [-0.25, -0.2) is 14.2 Å². The average Bonchev–Trinajstić information content (AvgIpc) is 3.17. The Labute approximate surface area is 214 Å². The molecule has 0 unspecified atom stereocenters. The number of nitrogens with zero attached hydrogens (tertiary/aromatic N) is 2. The van der Waals surface area contributed by atoms with E-state index in [1.807, 2.05) is 0 Å². The molecule has 0 saturated carbocycles. The van der Waals surface area contributed by atoms with Gasteiger partial charge < -0.3 is 10.3 Å². The first-order valence-corrected chi connectivity index (χ1v) is 11.4. The highest BCUT2D eigenvalue weighted by molar-refractivity contribution is 6.09. The maximum absolute atomic E-state index is 14.4. The predicted molar refractivity (Wildman–Crippen MR) is 128 cm³/mol. The summed E-state index contributed by atoms with van der Waals surface area (Å²) in [6.45, 7) is 1.34. The number of H-pyrrole nitrogens is 2. The van der Waals surface area contributed by atoms with Gasteiger partial charge in [-0.05, 0) is 49.2 Å². The van der Waals surface area contributed by atoms with E-state index < -0.39 is 58.7 Å². The molecule has 3 N–H and O–H groups in total. The summed E-state index contributed by atoms with van der Waals surface area (Å²) in [4.78, 5) is 33.2. The van der Waals surface area contributed by atoms with Gasteiger partial charge in [-0.1, -0.05) is 18.2 Å². The number of rotatable bonds is 4. The molecule has 0 spiro atoms. The number of aromatic nitrogens is 3. The van der Waals surface area contributed by atoms with Crippen molar-refractivity contribution < 1.29 is 30.7 Å². The Bertz CT molecular complexity index is 1710. The quantitative estimate of drug-likeness (QED) is 0.314. The lowest BCUT2D eigenvalue weighted by molar-refractivity contribution is -0.301. The van der Waals surface area contributed by atoms with Crippen molar-refractivity contribution in [3.63, 3.8) is 0 Å². The van der Waals surface area contributed by atoms with E-state index >= 15 is 0 Å². The minimum absolute atomic E-state index is 0.0178. The summed E-state index contributed by atoms with van der Waals surface area (Å²) in [5.74, 6) is -2.75. The maximum Gasteiger partial charge on any atom is 0.427 e. The zero-order valence-corrected chi connectivity index (χ0v) is 19.9. The molecule has 0 amide bonds. The smallest absolute Gasteiger partial charge is 0.358 e. The van der Waals surface area contributed by atoms with Crippen LogP contribution >= 0.6 is 0 Å². The molecule has 0 fully saturated rings. The molecule has 0 radical (unpaired) electrons. The highest BCUT2D eigenvalue weighted by Gasteiger charge is 2.75. The van der Waals surface area contributed by atoms with Crippen molar-refractivity contribution in [2.45, 2.75) is 37.8 Å². The third-order valence-electron chi connectivity index (χ3n) is 6.63. The molecule has 204 valence electrons. The number of benzene rings is 2. The average molecular weight is 553 g/mol. The second-order valence-corrected chi connectivity index (χ2v) is 8.96. The van der Waals surface area contributed by atoms with Crippen LogP contribution in [0, 0.1) is 12.7 Å². The number of nitrogens with one attached hydrogen (secondary N) is 3. The number of aryl methyl sites for hydroxylation is 2. The fourth-order valence-electron chi connectivity index (χ4n) is 4.81. The summed E-state index contributed by atoms with van der Waals surface area (Å²) >= 11 is 0. The molecule has 39 heavy (non-hydrogen) atoms. The number of anilines is 1. The number of hydrogen-bond donors (Lipinski definition) is 3. The Kier molecular flexibility index (Phi) is 5.96. The Morgan fingerprint density at radius 2 is 1.56 bits per heavy atom. The molecule has 14 heteroatoms. The Morgan fingerprint density at radius 1 is 0.923 bits per heavy atom. The molecule has 0 saturated heterocycles. The molecule has 0 aliphatic carbocycles. The molecule has 7 nitrogen and oxygen atoms in total. The van der Waals surface area contributed by atoms with Gasteiger partial charge >= 0.3 is 18.0 Å². The van der Waals surface area contributed by atoms with Gasteiger partial charge in [0.25, 0.3) is 11.1 Å². The second-order valence-electron chi connectivity index (χ2n) is 8.96. The van der Waals surface area contributed by atoms with Crippen molar-refractivity contribution in [3.05, 3.63) is 97.6 Å². The standard InChI is InChI=1S/C25H18F7N5O2/c1-12-15(16-4-2-3-5-17(16)33-12)10-11-37-20-18(21(38)35-22(37)39)23(24(27,28)29,25(30,31)32)36-19(34-20)13-6-8-14(26)9-7-13/h2-9,33H,10-11H2,1H3,(H,34,36)(H,35,38,39). The van der Waals surface area contributed by atoms with Gasteiger partial charge in [0, 0.05) is 28.7 Å². The molecule has 1 aliphatic rings. The zero-order chi connectivity index (χ0) is 28.3. The molecule has 3 heterocycles. The largest absolute Gasteiger partial charge is 0.427 e. The summed E-state index contributed by atoms with van der Waals surface area (Å²) in [5, 5.41) is 3.08. The molecule has 2 aromatic carbocycles. The van der Waals surface area contributed by atoms with Crippen LogP contribution in [0.2, 0.25) is 0 Å². The molecular weight excluding hydrogens is 535 g/mol. The first-order chi connectivity index (χ1) is 18.2. The van der Waals surface area contributed by atoms with Gasteiger partial charge in [0.2, 0.25) is 0 Å². The molecule has 0 atom stereocenters. The van der Waals surface area contributed by atoms with Crippen LogP contribution < -0.4 is 16.6 Å². The van der Waals surface area contributed by atoms with Crippen LogP contribution in [0.15, 0.2) is 63.1 Å². The number of hydrogen-bond acceptors (Lipinski definition) is 4. The highest BCUT2D eigenvalue weighted by Crippen LogP contribution is 2.55. The Hall–Kier alpha value is -4.36. The van der Waals surface area contributed by atoms with Crippen molar-refractivity contribution in [3.8, 4) is 0 Å². The summed E-state index contributed by atoms with van der Waals surface area (Å²) in [6, 6.07) is 10.6. The van der Waals surface area contributed by atoms with Gasteiger partial charge in [-0.15, -0.1) is 0 Å². The van der Waals surface area contributed by atoms with Gasteiger partial charge in [0.15, 0.2) is 0 Å². The number of aromatic amines is 2. The normalized spacial score (nSPS) is 15.1. The number of halogens is 7. The first-order valence-electron chi connectivity index (χ1n) is 11.4. The van der Waals surface area contributed by atoms with E-state index in [4.69, 9.17) is 0 Å². The summed E-state index contributed by atoms with van der Waals surface area (Å²) < 4.78 is 101. The van der Waals surface area contributed by atoms with E-state index in [0.717, 1.165) is 35.2 Å². The molecule has 1 aliphatic heterocycles. The van der Waals surface area contributed by atoms with E-state index in [2.05, 4.69) is 15.3 Å². The van der Waals surface area contributed by atoms with Crippen molar-refractivity contribution in [2.75, 3.05) is 5.32 Å². The minimum Gasteiger partial charge on any atom is -0.358 e. The maximum atomic E-state index is 14.4. The summed E-state index contributed by atoms with van der Waals surface area (Å²) in [6.07, 6.45) is -12.3. The van der Waals surface area contributed by atoms with Crippen LogP contribution in [0.4, 0.5) is 36.6 Å². The van der Waals surface area contributed by atoms with Crippen LogP contribution in [0.1, 0.15) is 22.4 Å². The number of amidine groups is 1. The number of alkyl halides is 6. The van der Waals surface area contributed by atoms with Gasteiger partial charge in [-0.3, -0.25) is 14.3 Å². The van der Waals surface area contributed by atoms with Gasteiger partial charge in [0.1, 0.15) is 23.0 Å². The number of para-hydroxylation sites is 1. The molecular formula is C25H18F7N5O2. The Balaban J connectivity index is 1.74. The second kappa shape index (κ2) is 8.85. The monoisotopic (exact) mass is 553 g/mol. The fraction of sp³-hybridized carbons (Fsp3) is 0.240. The van der Waals surface area contributed by atoms with E-state index in [9.17, 15) is 40.3 Å². The predicted octanol–water partition coefficient (Wildman–Crippen LogP) is 4.90. The van der Waals surface area contributed by atoms with Crippen molar-refractivity contribution in [1.82, 2.24) is 14.5 Å². The van der Waals surface area contributed by atoms with Crippen LogP contribution in [-0.4, -0.2) is 32.7 Å². The van der Waals surface area contributed by atoms with Crippen molar-refractivity contribution in [1.29, 1.82) is 0 Å². The third-order valence-corrected chi connectivity index (χ3v) is 6.63. The molecule has 5 rings (SSSR count). The van der Waals surface area contributed by atoms with Gasteiger partial charge in [-0.2, -0.15) is 26.3 Å². The Morgan fingerprint density at radius 3 is 2.21 bits per heavy atom. The van der Waals surface area contributed by atoms with E-state index in [-0.39, 0.29) is 12.0 Å². The van der Waals surface area contributed by atoms with Crippen molar-refractivity contribution in [2.24, 2.45) is 4.99 Å². The van der Waals surface area contributed by atoms with Crippen molar-refractivity contribution >= 4 is 22.6 Å². The highest BCUT2D eigenvalue weighted by atomic mass is 19.4. The SMILES string of the molecule is Cc1[nH]c2ccccc2c1CCn1c2c(c(=O)[nH]c1=O)C(C(F)(F)F)(C(F)(F)F)N=C(c1ccc(F)cc1)N2. The van der Waals surface area contributed by atoms with E-state index in [0.29, 0.717) is 15.8 Å². The minimum atomic E-state index is -6.14. The lowest BCUT2D eigenvalue weighted by Gasteiger charge is -2.38. The topological polar surface area (TPSA) is 95.0 Å². The van der Waals surface area contributed by atoms with Crippen LogP contribution in [0.3, 0.4) is 0 Å². The van der Waals surface area contributed by atoms with E-state index in [1.54, 1.807) is 36.2 Å². The molecule has 0 bridgehead atoms. The molecule has 2 aromatic heterocycles. The zero-order valence-electron chi connectivity index (χ0n) is 19.9.